The van der Waals surface area contributed by atoms with Crippen molar-refractivity contribution in [3.63, 3.8) is 0 Å². The predicted molar refractivity (Wildman–Crippen MR) is 59.0 cm³/mol. The van der Waals surface area contributed by atoms with Gasteiger partial charge in [0.1, 0.15) is 0 Å². The first kappa shape index (κ1) is 12.6. The van der Waals surface area contributed by atoms with Crippen molar-refractivity contribution in [3.05, 3.63) is 5.01 Å². The van der Waals surface area contributed by atoms with E-state index in [2.05, 4.69) is 20.8 Å². The predicted octanol–water partition coefficient (Wildman–Crippen LogP) is 1.97. The summed E-state index contributed by atoms with van der Waals surface area (Å²) in [6, 6.07) is 0. The van der Waals surface area contributed by atoms with Crippen LogP contribution in [0.2, 0.25) is 0 Å². The summed E-state index contributed by atoms with van der Waals surface area (Å²) >= 11 is 0.554. The molecule has 0 atom stereocenters. The van der Waals surface area contributed by atoms with Crippen LogP contribution < -0.4 is 10.6 Å². The average Bonchev–Trinajstić information content (AvgIpc) is 2.76. The molecule has 0 aliphatic carbocycles. The lowest BCUT2D eigenvalue weighted by atomic mass is 9.98. The molecule has 0 aromatic carbocycles. The van der Waals surface area contributed by atoms with Crippen LogP contribution in [0.15, 0.2) is 0 Å². The Balaban J connectivity index is 1.84. The number of nitrogens with zero attached hydrogens (tertiary/aromatic N) is 2. The van der Waals surface area contributed by atoms with Crippen LogP contribution in [0.5, 0.6) is 0 Å². The van der Waals surface area contributed by atoms with Gasteiger partial charge in [-0.05, 0) is 31.8 Å². The zero-order valence-corrected chi connectivity index (χ0v) is 9.87. The Hall–Kier alpha value is -0.890. The Bertz CT molecular complexity index is 359. The maximum absolute atomic E-state index is 12.3. The molecule has 2 heterocycles. The summed E-state index contributed by atoms with van der Waals surface area (Å²) in [6.45, 7) is 2.60. The SMILES string of the molecule is FC(F)(F)c1nnc(NCC2CCNCC2)s1. The van der Waals surface area contributed by atoms with E-state index in [1.54, 1.807) is 0 Å². The number of hydrogen-bond donors (Lipinski definition) is 2. The van der Waals surface area contributed by atoms with Crippen LogP contribution in [0.1, 0.15) is 17.8 Å². The van der Waals surface area contributed by atoms with Crippen LogP contribution in [0, 0.1) is 5.92 Å². The Morgan fingerprint density at radius 1 is 1.29 bits per heavy atom. The number of alkyl halides is 3. The van der Waals surface area contributed by atoms with Crippen LogP contribution in [0.4, 0.5) is 18.3 Å². The quantitative estimate of drug-likeness (QED) is 0.878. The fourth-order valence-corrected chi connectivity index (χ4v) is 2.34. The number of anilines is 1. The summed E-state index contributed by atoms with van der Waals surface area (Å²) in [6.07, 6.45) is -2.32. The summed E-state index contributed by atoms with van der Waals surface area (Å²) in [5.41, 5.74) is 0. The van der Waals surface area contributed by atoms with Crippen molar-refractivity contribution in [1.82, 2.24) is 15.5 Å². The highest BCUT2D eigenvalue weighted by molar-refractivity contribution is 7.15. The average molecular weight is 266 g/mol. The number of hydrogen-bond acceptors (Lipinski definition) is 5. The lowest BCUT2D eigenvalue weighted by Crippen LogP contribution is -2.31. The summed E-state index contributed by atoms with van der Waals surface area (Å²) in [4.78, 5) is 0. The Morgan fingerprint density at radius 2 is 2.00 bits per heavy atom. The van der Waals surface area contributed by atoms with Gasteiger partial charge in [0.15, 0.2) is 0 Å². The second kappa shape index (κ2) is 5.18. The van der Waals surface area contributed by atoms with E-state index in [1.165, 1.54) is 0 Å². The second-order valence-corrected chi connectivity index (χ2v) is 4.96. The fraction of sp³-hybridized carbons (Fsp3) is 0.778. The summed E-state index contributed by atoms with van der Waals surface area (Å²) in [7, 11) is 0. The van der Waals surface area contributed by atoms with E-state index >= 15 is 0 Å². The normalized spacial score (nSPS) is 18.3. The largest absolute Gasteiger partial charge is 0.445 e. The minimum atomic E-state index is -4.40. The Kier molecular flexibility index (Phi) is 3.82. The first-order valence-electron chi connectivity index (χ1n) is 5.41. The third-order valence-electron chi connectivity index (χ3n) is 2.67. The van der Waals surface area contributed by atoms with Crippen molar-refractivity contribution < 1.29 is 13.2 Å². The van der Waals surface area contributed by atoms with Gasteiger partial charge in [-0.1, -0.05) is 11.3 Å². The molecule has 0 radical (unpaired) electrons. The zero-order chi connectivity index (χ0) is 12.3. The van der Waals surface area contributed by atoms with Crippen molar-refractivity contribution in [3.8, 4) is 0 Å². The van der Waals surface area contributed by atoms with Crippen molar-refractivity contribution in [2.45, 2.75) is 19.0 Å². The number of aromatic nitrogens is 2. The minimum Gasteiger partial charge on any atom is -0.360 e. The van der Waals surface area contributed by atoms with Gasteiger partial charge >= 0.3 is 6.18 Å². The van der Waals surface area contributed by atoms with E-state index in [-0.39, 0.29) is 5.13 Å². The van der Waals surface area contributed by atoms with E-state index in [0.717, 1.165) is 25.9 Å². The Morgan fingerprint density at radius 3 is 2.59 bits per heavy atom. The van der Waals surface area contributed by atoms with Gasteiger partial charge in [-0.25, -0.2) is 0 Å². The lowest BCUT2D eigenvalue weighted by Gasteiger charge is -2.22. The van der Waals surface area contributed by atoms with Crippen molar-refractivity contribution in [2.24, 2.45) is 5.92 Å². The highest BCUT2D eigenvalue weighted by Crippen LogP contribution is 2.33. The monoisotopic (exact) mass is 266 g/mol. The molecule has 1 aliphatic heterocycles. The topological polar surface area (TPSA) is 49.8 Å². The molecule has 0 amide bonds. The summed E-state index contributed by atoms with van der Waals surface area (Å²) in [5, 5.41) is 12.1. The molecule has 1 fully saturated rings. The summed E-state index contributed by atoms with van der Waals surface area (Å²) < 4.78 is 36.8. The fourth-order valence-electron chi connectivity index (χ4n) is 1.73. The van der Waals surface area contributed by atoms with Crippen LogP contribution >= 0.6 is 11.3 Å². The second-order valence-electron chi connectivity index (χ2n) is 3.98. The van der Waals surface area contributed by atoms with Gasteiger partial charge in [-0.2, -0.15) is 13.2 Å². The molecule has 1 aromatic heterocycles. The van der Waals surface area contributed by atoms with Gasteiger partial charge in [0.05, 0.1) is 0 Å². The highest BCUT2D eigenvalue weighted by Gasteiger charge is 2.35. The van der Waals surface area contributed by atoms with Crippen molar-refractivity contribution in [1.29, 1.82) is 0 Å². The third kappa shape index (κ3) is 3.53. The van der Waals surface area contributed by atoms with Gasteiger partial charge in [-0.15, -0.1) is 10.2 Å². The molecule has 4 nitrogen and oxygen atoms in total. The molecule has 2 N–H and O–H groups in total. The minimum absolute atomic E-state index is 0.246. The molecule has 1 saturated heterocycles. The molecule has 17 heavy (non-hydrogen) atoms. The molecule has 0 saturated carbocycles. The Labute approximate surface area is 101 Å². The first-order valence-corrected chi connectivity index (χ1v) is 6.22. The standard InChI is InChI=1S/C9H13F3N4S/c10-9(11,12)7-15-16-8(17-7)14-5-6-1-3-13-4-2-6/h6,13H,1-5H2,(H,14,16). The van der Waals surface area contributed by atoms with E-state index in [0.29, 0.717) is 23.8 Å². The molecule has 0 unspecified atom stereocenters. The van der Waals surface area contributed by atoms with Gasteiger partial charge in [0.2, 0.25) is 10.1 Å². The maximum atomic E-state index is 12.3. The lowest BCUT2D eigenvalue weighted by molar-refractivity contribution is -0.138. The number of piperidine rings is 1. The van der Waals surface area contributed by atoms with E-state index in [9.17, 15) is 13.2 Å². The zero-order valence-electron chi connectivity index (χ0n) is 9.05. The molecule has 2 rings (SSSR count). The highest BCUT2D eigenvalue weighted by atomic mass is 32.1. The van der Waals surface area contributed by atoms with E-state index in [1.807, 2.05) is 0 Å². The van der Waals surface area contributed by atoms with Crippen LogP contribution in [-0.4, -0.2) is 29.8 Å². The molecule has 0 bridgehead atoms. The van der Waals surface area contributed by atoms with E-state index in [4.69, 9.17) is 0 Å². The van der Waals surface area contributed by atoms with Crippen LogP contribution in [0.3, 0.4) is 0 Å². The van der Waals surface area contributed by atoms with Gasteiger partial charge in [0.25, 0.3) is 0 Å². The van der Waals surface area contributed by atoms with Crippen molar-refractivity contribution >= 4 is 16.5 Å². The van der Waals surface area contributed by atoms with Crippen molar-refractivity contribution in [2.75, 3.05) is 25.0 Å². The van der Waals surface area contributed by atoms with Gasteiger partial charge in [0, 0.05) is 6.54 Å². The third-order valence-corrected chi connectivity index (χ3v) is 3.59. The summed E-state index contributed by atoms with van der Waals surface area (Å²) in [5.74, 6) is 0.495. The molecule has 8 heteroatoms. The van der Waals surface area contributed by atoms with E-state index < -0.39 is 11.2 Å². The molecule has 96 valence electrons. The molecule has 1 aliphatic rings. The van der Waals surface area contributed by atoms with Crippen LogP contribution in [-0.2, 0) is 6.18 Å². The number of nitrogens with one attached hydrogen (secondary N) is 2. The maximum Gasteiger partial charge on any atom is 0.445 e. The molecule has 1 aromatic rings. The van der Waals surface area contributed by atoms with Gasteiger partial charge < -0.3 is 10.6 Å². The van der Waals surface area contributed by atoms with Gasteiger partial charge in [-0.3, -0.25) is 0 Å². The number of rotatable bonds is 3. The van der Waals surface area contributed by atoms with Crippen LogP contribution in [0.25, 0.3) is 0 Å². The molecular formula is C9H13F3N4S. The first-order chi connectivity index (χ1) is 8.05. The smallest absolute Gasteiger partial charge is 0.360 e. The number of halogens is 3. The molecular weight excluding hydrogens is 253 g/mol. The molecule has 0 spiro atoms.